The molecule has 2 nitrogen and oxygen atoms in total. The van der Waals surface area contributed by atoms with Crippen LogP contribution in [-0.4, -0.2) is 0 Å². The molecular formula is C60H36N2S4. The van der Waals surface area contributed by atoms with Crippen LogP contribution in [0.25, 0.3) is 91.8 Å². The first-order valence-corrected chi connectivity index (χ1v) is 25.4. The van der Waals surface area contributed by atoms with E-state index in [4.69, 9.17) is 0 Å². The molecule has 0 saturated carbocycles. The van der Waals surface area contributed by atoms with Gasteiger partial charge in [-0.15, -0.1) is 45.3 Å². The maximum atomic E-state index is 2.49. The Kier molecular flexibility index (Phi) is 8.71. The second-order valence-electron chi connectivity index (χ2n) is 16.8. The average molecular weight is 913 g/mol. The molecular weight excluding hydrogens is 877 g/mol. The lowest BCUT2D eigenvalue weighted by Crippen LogP contribution is -2.10. The van der Waals surface area contributed by atoms with Gasteiger partial charge in [0.25, 0.3) is 0 Å². The molecule has 0 amide bonds. The summed E-state index contributed by atoms with van der Waals surface area (Å²) in [5.41, 5.74) is 9.38. The number of hydrogen-bond donors (Lipinski definition) is 0. The number of nitrogens with zero attached hydrogens (tertiary/aromatic N) is 2. The maximum absolute atomic E-state index is 2.49. The second kappa shape index (κ2) is 15.1. The molecule has 0 bridgehead atoms. The zero-order chi connectivity index (χ0) is 43.3. The number of fused-ring (bicyclic) bond motifs is 12. The Morgan fingerprint density at radius 3 is 0.727 bits per heavy atom. The number of benzene rings is 10. The lowest BCUT2D eigenvalue weighted by molar-refractivity contribution is 1.32. The summed E-state index contributed by atoms with van der Waals surface area (Å²) in [6.45, 7) is 0. The summed E-state index contributed by atoms with van der Waals surface area (Å²) in [6, 6.07) is 80.7. The van der Waals surface area contributed by atoms with Crippen LogP contribution in [0.5, 0.6) is 0 Å². The summed E-state index contributed by atoms with van der Waals surface area (Å²) in [6.07, 6.45) is 0. The Morgan fingerprint density at radius 1 is 0.212 bits per heavy atom. The molecule has 310 valence electrons. The highest BCUT2D eigenvalue weighted by molar-refractivity contribution is 7.28. The number of rotatable bonds is 7. The maximum Gasteiger partial charge on any atom is 0.0640 e. The first-order chi connectivity index (χ1) is 32.7. The van der Waals surface area contributed by atoms with Crippen molar-refractivity contribution in [2.24, 2.45) is 0 Å². The highest BCUT2D eigenvalue weighted by Gasteiger charge is 2.24. The molecule has 0 aliphatic rings. The average Bonchev–Trinajstić information content (AvgIpc) is 4.16. The highest BCUT2D eigenvalue weighted by atomic mass is 32.1. The quantitative estimate of drug-likeness (QED) is 0.157. The van der Waals surface area contributed by atoms with Gasteiger partial charge in [0.05, 0.1) is 41.5 Å². The third-order valence-corrected chi connectivity index (χ3v) is 17.9. The van der Waals surface area contributed by atoms with Crippen molar-refractivity contribution in [2.45, 2.75) is 0 Å². The van der Waals surface area contributed by atoms with Crippen LogP contribution in [-0.2, 0) is 0 Å². The molecule has 4 aromatic heterocycles. The number of thiophene rings is 4. The van der Waals surface area contributed by atoms with Gasteiger partial charge in [0.2, 0.25) is 0 Å². The van der Waals surface area contributed by atoms with Crippen LogP contribution in [0.15, 0.2) is 218 Å². The van der Waals surface area contributed by atoms with Crippen molar-refractivity contribution < 1.29 is 0 Å². The largest absolute Gasteiger partial charge is 0.308 e. The van der Waals surface area contributed by atoms with Crippen molar-refractivity contribution in [3.8, 4) is 11.1 Å². The van der Waals surface area contributed by atoms with Crippen LogP contribution in [0.1, 0.15) is 0 Å². The molecule has 4 heterocycles. The zero-order valence-electron chi connectivity index (χ0n) is 35.3. The summed E-state index contributed by atoms with van der Waals surface area (Å²) in [5, 5.41) is 10.4. The van der Waals surface area contributed by atoms with E-state index in [9.17, 15) is 0 Å². The van der Waals surface area contributed by atoms with Crippen LogP contribution in [0.2, 0.25) is 0 Å². The molecule has 10 aromatic carbocycles. The minimum atomic E-state index is 1.13. The van der Waals surface area contributed by atoms with Crippen LogP contribution in [0, 0.1) is 0 Å². The molecule has 0 atom stereocenters. The van der Waals surface area contributed by atoms with E-state index in [1.807, 2.05) is 45.3 Å². The highest BCUT2D eigenvalue weighted by Crippen LogP contribution is 2.51. The van der Waals surface area contributed by atoms with Crippen LogP contribution in [0.4, 0.5) is 34.1 Å². The molecule has 0 aliphatic heterocycles. The second-order valence-corrected chi connectivity index (χ2v) is 21.0. The summed E-state index contributed by atoms with van der Waals surface area (Å²) >= 11 is 7.51. The summed E-state index contributed by atoms with van der Waals surface area (Å²) < 4.78 is 10.4. The van der Waals surface area contributed by atoms with E-state index >= 15 is 0 Å². The Hall–Kier alpha value is -7.32. The Labute approximate surface area is 396 Å². The van der Waals surface area contributed by atoms with E-state index in [2.05, 4.69) is 228 Å². The van der Waals surface area contributed by atoms with Crippen molar-refractivity contribution in [1.29, 1.82) is 0 Å². The minimum Gasteiger partial charge on any atom is -0.308 e. The lowest BCUT2D eigenvalue weighted by Gasteiger charge is -2.27. The molecule has 0 radical (unpaired) electrons. The molecule has 14 aromatic rings. The van der Waals surface area contributed by atoms with Gasteiger partial charge in [0.15, 0.2) is 0 Å². The van der Waals surface area contributed by atoms with Gasteiger partial charge in [-0.05, 0) is 83.9 Å². The fraction of sp³-hybridized carbons (Fsp3) is 0. The lowest BCUT2D eigenvalue weighted by atomic mass is 10.0. The summed E-state index contributed by atoms with van der Waals surface area (Å²) in [4.78, 5) is 4.98. The predicted molar refractivity (Wildman–Crippen MR) is 293 cm³/mol. The Balaban J connectivity index is 0.901. The van der Waals surface area contributed by atoms with Gasteiger partial charge in [-0.1, -0.05) is 146 Å². The van der Waals surface area contributed by atoms with E-state index in [0.717, 1.165) is 11.4 Å². The van der Waals surface area contributed by atoms with Crippen molar-refractivity contribution in [2.75, 3.05) is 9.80 Å². The number of anilines is 6. The Bertz CT molecular complexity index is 3690. The van der Waals surface area contributed by atoms with Gasteiger partial charge in [0.1, 0.15) is 0 Å². The van der Waals surface area contributed by atoms with Crippen LogP contribution < -0.4 is 9.80 Å². The smallest absolute Gasteiger partial charge is 0.0640 e. The minimum absolute atomic E-state index is 1.13. The van der Waals surface area contributed by atoms with E-state index in [-0.39, 0.29) is 0 Å². The van der Waals surface area contributed by atoms with E-state index in [0.29, 0.717) is 0 Å². The van der Waals surface area contributed by atoms with Gasteiger partial charge in [-0.25, -0.2) is 0 Å². The molecule has 0 aliphatic carbocycles. The third-order valence-electron chi connectivity index (χ3n) is 13.1. The molecule has 6 heteroatoms. The first kappa shape index (κ1) is 38.0. The van der Waals surface area contributed by atoms with E-state index in [1.54, 1.807) is 0 Å². The molecule has 0 saturated heterocycles. The number of hydrogen-bond acceptors (Lipinski definition) is 6. The fourth-order valence-electron chi connectivity index (χ4n) is 10.1. The van der Waals surface area contributed by atoms with Crippen LogP contribution in [0.3, 0.4) is 0 Å². The van der Waals surface area contributed by atoms with E-state index in [1.165, 1.54) is 115 Å². The van der Waals surface area contributed by atoms with Gasteiger partial charge in [-0.2, -0.15) is 0 Å². The van der Waals surface area contributed by atoms with Crippen molar-refractivity contribution in [3.63, 3.8) is 0 Å². The van der Waals surface area contributed by atoms with Gasteiger partial charge >= 0.3 is 0 Å². The molecule has 0 fully saturated rings. The SMILES string of the molecule is c1ccc2c(c1)sc1c(N(c3ccc(-c4ccc(N(c5cccc6c5sc5ccccc56)c5cccc6c5sc5ccccc56)cc4)cc3)c3cccc4c3sc3ccccc34)cccc12. The normalized spacial score (nSPS) is 11.9. The van der Waals surface area contributed by atoms with Gasteiger partial charge < -0.3 is 9.80 Å². The van der Waals surface area contributed by atoms with Crippen molar-refractivity contribution >= 4 is 160 Å². The summed E-state index contributed by atoms with van der Waals surface area (Å²) in [5.74, 6) is 0. The zero-order valence-corrected chi connectivity index (χ0v) is 38.6. The van der Waals surface area contributed by atoms with Crippen LogP contribution >= 0.6 is 45.3 Å². The summed E-state index contributed by atoms with van der Waals surface area (Å²) in [7, 11) is 0. The molecule has 66 heavy (non-hydrogen) atoms. The van der Waals surface area contributed by atoms with Gasteiger partial charge in [0, 0.05) is 73.3 Å². The molecule has 0 spiro atoms. The van der Waals surface area contributed by atoms with Crippen molar-refractivity contribution in [3.05, 3.63) is 218 Å². The predicted octanol–water partition coefficient (Wildman–Crippen LogP) is 19.8. The Morgan fingerprint density at radius 2 is 0.455 bits per heavy atom. The molecule has 0 unspecified atom stereocenters. The standard InChI is InChI=1S/C60H36N2S4/c1-5-25-53-41(13-1)45-17-9-21-49(57(45)63-53)61(50-22-10-18-46-42-14-2-6-26-54(42)64-58(46)50)39-33-29-37(30-34-39)38-31-35-40(36-32-38)62(51-23-11-19-47-43-15-3-7-27-55(43)65-59(47)51)52-24-12-20-48-44-16-4-8-28-56(44)66-60(48)52/h1-36H. The molecule has 0 N–H and O–H groups in total. The third kappa shape index (κ3) is 5.89. The monoisotopic (exact) mass is 912 g/mol. The fourth-order valence-corrected chi connectivity index (χ4v) is 14.9. The first-order valence-electron chi connectivity index (χ1n) is 22.2. The topological polar surface area (TPSA) is 6.48 Å². The van der Waals surface area contributed by atoms with Gasteiger partial charge in [-0.3, -0.25) is 0 Å². The van der Waals surface area contributed by atoms with Crippen molar-refractivity contribution in [1.82, 2.24) is 0 Å². The molecule has 14 rings (SSSR count). The van der Waals surface area contributed by atoms with E-state index < -0.39 is 0 Å².